The van der Waals surface area contributed by atoms with Crippen molar-refractivity contribution in [3.63, 3.8) is 0 Å². The second-order valence-corrected chi connectivity index (χ2v) is 5.41. The first-order valence-corrected chi connectivity index (χ1v) is 7.34. The number of aryl methyl sites for hydroxylation is 1. The zero-order valence-electron chi connectivity index (χ0n) is 13.1. The molecular weight excluding hydrogens is 318 g/mol. The van der Waals surface area contributed by atoms with Gasteiger partial charge in [0.05, 0.1) is 27.0 Å². The van der Waals surface area contributed by atoms with Gasteiger partial charge in [-0.3, -0.25) is 10.1 Å². The van der Waals surface area contributed by atoms with Crippen molar-refractivity contribution in [1.82, 2.24) is 4.98 Å². The molecule has 2 aromatic rings. The SMILES string of the molecule is COc1cc(C(=O)Nc2nc(C)c(C#N)s2)cc(OC)c1OC. The van der Waals surface area contributed by atoms with Gasteiger partial charge < -0.3 is 14.2 Å². The molecule has 0 atom stereocenters. The summed E-state index contributed by atoms with van der Waals surface area (Å²) in [5.41, 5.74) is 0.906. The largest absolute Gasteiger partial charge is 0.493 e. The summed E-state index contributed by atoms with van der Waals surface area (Å²) in [4.78, 5) is 17.0. The van der Waals surface area contributed by atoms with Crippen LogP contribution in [0.2, 0.25) is 0 Å². The van der Waals surface area contributed by atoms with E-state index in [1.165, 1.54) is 21.3 Å². The minimum Gasteiger partial charge on any atom is -0.493 e. The lowest BCUT2D eigenvalue weighted by Crippen LogP contribution is -2.12. The van der Waals surface area contributed by atoms with Crippen LogP contribution in [-0.4, -0.2) is 32.2 Å². The van der Waals surface area contributed by atoms with E-state index in [2.05, 4.69) is 10.3 Å². The summed E-state index contributed by atoms with van der Waals surface area (Å²) >= 11 is 1.12. The molecule has 1 heterocycles. The van der Waals surface area contributed by atoms with Crippen LogP contribution in [0.15, 0.2) is 12.1 Å². The number of nitriles is 1. The van der Waals surface area contributed by atoms with Gasteiger partial charge in [0.2, 0.25) is 5.75 Å². The first-order valence-electron chi connectivity index (χ1n) is 6.53. The number of carbonyl (C=O) groups excluding carboxylic acids is 1. The van der Waals surface area contributed by atoms with Crippen LogP contribution in [0.25, 0.3) is 0 Å². The third-order valence-electron chi connectivity index (χ3n) is 3.05. The summed E-state index contributed by atoms with van der Waals surface area (Å²) in [6, 6.07) is 5.12. The van der Waals surface area contributed by atoms with Crippen molar-refractivity contribution in [2.24, 2.45) is 0 Å². The molecule has 1 amide bonds. The molecule has 0 unspecified atom stereocenters. The van der Waals surface area contributed by atoms with Gasteiger partial charge in [-0.05, 0) is 19.1 Å². The molecule has 0 spiro atoms. The molecular formula is C15H15N3O4S. The number of nitrogens with zero attached hydrogens (tertiary/aromatic N) is 2. The van der Waals surface area contributed by atoms with E-state index in [1.54, 1.807) is 19.1 Å². The molecule has 7 nitrogen and oxygen atoms in total. The van der Waals surface area contributed by atoms with Crippen molar-refractivity contribution in [2.75, 3.05) is 26.6 Å². The van der Waals surface area contributed by atoms with E-state index in [0.29, 0.717) is 38.5 Å². The normalized spacial score (nSPS) is 9.87. The molecule has 0 saturated carbocycles. The van der Waals surface area contributed by atoms with Crippen LogP contribution >= 0.6 is 11.3 Å². The number of carbonyl (C=O) groups is 1. The van der Waals surface area contributed by atoms with E-state index in [1.807, 2.05) is 6.07 Å². The first-order chi connectivity index (χ1) is 11.0. The smallest absolute Gasteiger partial charge is 0.257 e. The lowest BCUT2D eigenvalue weighted by molar-refractivity contribution is 0.102. The van der Waals surface area contributed by atoms with E-state index in [4.69, 9.17) is 19.5 Å². The van der Waals surface area contributed by atoms with Crippen LogP contribution < -0.4 is 19.5 Å². The van der Waals surface area contributed by atoms with Crippen molar-refractivity contribution >= 4 is 22.4 Å². The maximum absolute atomic E-state index is 12.4. The molecule has 0 aliphatic carbocycles. The number of thiazole rings is 1. The number of amides is 1. The molecule has 1 aromatic heterocycles. The Labute approximate surface area is 137 Å². The second-order valence-electron chi connectivity index (χ2n) is 4.41. The Balaban J connectivity index is 2.33. The summed E-state index contributed by atoms with van der Waals surface area (Å²) in [6.07, 6.45) is 0. The third kappa shape index (κ3) is 3.35. The summed E-state index contributed by atoms with van der Waals surface area (Å²) in [6.45, 7) is 1.71. The van der Waals surface area contributed by atoms with Gasteiger partial charge in [0.25, 0.3) is 5.91 Å². The minimum atomic E-state index is -0.387. The highest BCUT2D eigenvalue weighted by Crippen LogP contribution is 2.38. The fraction of sp³-hybridized carbons (Fsp3) is 0.267. The van der Waals surface area contributed by atoms with E-state index in [0.717, 1.165) is 11.3 Å². The highest BCUT2D eigenvalue weighted by atomic mass is 32.1. The Morgan fingerprint density at radius 2 is 1.83 bits per heavy atom. The molecule has 0 fully saturated rings. The fourth-order valence-corrected chi connectivity index (χ4v) is 2.69. The van der Waals surface area contributed by atoms with E-state index in [-0.39, 0.29) is 5.91 Å². The summed E-state index contributed by atoms with van der Waals surface area (Å²) in [5, 5.41) is 12.0. The second kappa shape index (κ2) is 6.98. The van der Waals surface area contributed by atoms with E-state index in [9.17, 15) is 4.79 Å². The highest BCUT2D eigenvalue weighted by molar-refractivity contribution is 7.16. The number of benzene rings is 1. The zero-order valence-corrected chi connectivity index (χ0v) is 13.9. The molecule has 0 radical (unpaired) electrons. The topological polar surface area (TPSA) is 93.5 Å². The summed E-state index contributed by atoms with van der Waals surface area (Å²) < 4.78 is 15.7. The van der Waals surface area contributed by atoms with Crippen molar-refractivity contribution < 1.29 is 19.0 Å². The van der Waals surface area contributed by atoms with Gasteiger partial charge in [-0.15, -0.1) is 0 Å². The number of nitrogens with one attached hydrogen (secondary N) is 1. The first kappa shape index (κ1) is 16.6. The quantitative estimate of drug-likeness (QED) is 0.904. The molecule has 120 valence electrons. The van der Waals surface area contributed by atoms with Crippen LogP contribution in [0.4, 0.5) is 5.13 Å². The Hall–Kier alpha value is -2.79. The molecule has 23 heavy (non-hydrogen) atoms. The molecule has 0 aliphatic rings. The zero-order chi connectivity index (χ0) is 17.0. The van der Waals surface area contributed by atoms with Gasteiger partial charge in [0.1, 0.15) is 10.9 Å². The van der Waals surface area contributed by atoms with Gasteiger partial charge in [-0.2, -0.15) is 5.26 Å². The molecule has 1 aromatic carbocycles. The number of methoxy groups -OCH3 is 3. The average Bonchev–Trinajstić information content (AvgIpc) is 2.92. The number of hydrogen-bond acceptors (Lipinski definition) is 7. The molecule has 0 saturated heterocycles. The standard InChI is InChI=1S/C15H15N3O4S/c1-8-12(7-16)23-15(17-8)18-14(19)9-5-10(20-2)13(22-4)11(6-9)21-3/h5-6H,1-4H3,(H,17,18,19). The maximum atomic E-state index is 12.4. The van der Waals surface area contributed by atoms with Crippen molar-refractivity contribution in [3.8, 4) is 23.3 Å². The number of rotatable bonds is 5. The maximum Gasteiger partial charge on any atom is 0.257 e. The van der Waals surface area contributed by atoms with Gasteiger partial charge in [-0.25, -0.2) is 4.98 Å². The van der Waals surface area contributed by atoms with Gasteiger partial charge in [0.15, 0.2) is 16.6 Å². The Morgan fingerprint density at radius 1 is 1.22 bits per heavy atom. The lowest BCUT2D eigenvalue weighted by Gasteiger charge is -2.13. The van der Waals surface area contributed by atoms with Gasteiger partial charge >= 0.3 is 0 Å². The van der Waals surface area contributed by atoms with Gasteiger partial charge in [0, 0.05) is 5.56 Å². The van der Waals surface area contributed by atoms with Crippen LogP contribution in [0.3, 0.4) is 0 Å². The number of anilines is 1. The molecule has 8 heteroatoms. The average molecular weight is 333 g/mol. The summed E-state index contributed by atoms with van der Waals surface area (Å²) in [7, 11) is 4.44. The molecule has 0 aliphatic heterocycles. The van der Waals surface area contributed by atoms with Crippen LogP contribution in [-0.2, 0) is 0 Å². The third-order valence-corrected chi connectivity index (χ3v) is 4.02. The minimum absolute atomic E-state index is 0.325. The van der Waals surface area contributed by atoms with Crippen molar-refractivity contribution in [2.45, 2.75) is 6.92 Å². The molecule has 0 bridgehead atoms. The van der Waals surface area contributed by atoms with Crippen LogP contribution in [0.5, 0.6) is 17.2 Å². The van der Waals surface area contributed by atoms with Crippen molar-refractivity contribution in [3.05, 3.63) is 28.3 Å². The molecule has 1 N–H and O–H groups in total. The van der Waals surface area contributed by atoms with Crippen LogP contribution in [0.1, 0.15) is 20.9 Å². The predicted octanol–water partition coefficient (Wildman–Crippen LogP) is 2.60. The number of aromatic nitrogens is 1. The van der Waals surface area contributed by atoms with E-state index < -0.39 is 0 Å². The van der Waals surface area contributed by atoms with Crippen molar-refractivity contribution in [1.29, 1.82) is 5.26 Å². The fourth-order valence-electron chi connectivity index (χ4n) is 1.94. The Kier molecular flexibility index (Phi) is 5.03. The molecule has 2 rings (SSSR count). The Morgan fingerprint density at radius 3 is 2.26 bits per heavy atom. The van der Waals surface area contributed by atoms with E-state index >= 15 is 0 Å². The number of hydrogen-bond donors (Lipinski definition) is 1. The Bertz CT molecular complexity index is 755. The monoisotopic (exact) mass is 333 g/mol. The number of ether oxygens (including phenoxy) is 3. The van der Waals surface area contributed by atoms with Gasteiger partial charge in [-0.1, -0.05) is 11.3 Å². The lowest BCUT2D eigenvalue weighted by atomic mass is 10.1. The predicted molar refractivity (Wildman–Crippen MR) is 85.6 cm³/mol. The van der Waals surface area contributed by atoms with Crippen LogP contribution in [0, 0.1) is 18.3 Å². The highest BCUT2D eigenvalue weighted by Gasteiger charge is 2.18. The summed E-state index contributed by atoms with van der Waals surface area (Å²) in [5.74, 6) is 0.779.